The van der Waals surface area contributed by atoms with E-state index in [9.17, 15) is 0 Å². The predicted octanol–water partition coefficient (Wildman–Crippen LogP) is 3.06. The third-order valence-corrected chi connectivity index (χ3v) is 3.95. The highest BCUT2D eigenvalue weighted by Crippen LogP contribution is 2.20. The van der Waals surface area contributed by atoms with Crippen molar-refractivity contribution in [3.8, 4) is 11.8 Å². The number of nitrogens with one attached hydrogen (secondary N) is 1. The fraction of sp³-hybridized carbons (Fsp3) is 0.353. The Morgan fingerprint density at radius 2 is 2.14 bits per heavy atom. The highest BCUT2D eigenvalue weighted by Gasteiger charge is 2.11. The van der Waals surface area contributed by atoms with Crippen molar-refractivity contribution in [2.24, 2.45) is 7.05 Å². The summed E-state index contributed by atoms with van der Waals surface area (Å²) in [7, 11) is 3.59. The van der Waals surface area contributed by atoms with Crippen LogP contribution in [-0.2, 0) is 13.6 Å². The minimum absolute atomic E-state index is 0.213. The van der Waals surface area contributed by atoms with Crippen LogP contribution in [0.15, 0.2) is 30.3 Å². The summed E-state index contributed by atoms with van der Waals surface area (Å²) in [6.07, 6.45) is 0. The fourth-order valence-electron chi connectivity index (χ4n) is 2.34. The molecule has 0 bridgehead atoms. The zero-order valence-corrected chi connectivity index (χ0v) is 13.0. The van der Waals surface area contributed by atoms with Gasteiger partial charge in [0.2, 0.25) is 0 Å². The van der Waals surface area contributed by atoms with Gasteiger partial charge >= 0.3 is 0 Å². The first-order chi connectivity index (χ1) is 10.1. The van der Waals surface area contributed by atoms with E-state index < -0.39 is 0 Å². The summed E-state index contributed by atoms with van der Waals surface area (Å²) in [6.45, 7) is 4.89. The Bertz CT molecular complexity index is 667. The topological polar surface area (TPSA) is 50.0 Å². The maximum Gasteiger partial charge on any atom is 0.120 e. The molecule has 1 N–H and O–H groups in total. The molecule has 0 saturated heterocycles. The molecule has 1 aromatic heterocycles. The molecule has 0 spiro atoms. The first kappa shape index (κ1) is 15.1. The second kappa shape index (κ2) is 6.47. The van der Waals surface area contributed by atoms with Gasteiger partial charge in [-0.3, -0.25) is 0 Å². The lowest BCUT2D eigenvalue weighted by molar-refractivity contribution is 0.413. The average molecular weight is 283 g/mol. The minimum Gasteiger partial charge on any atom is -0.497 e. The monoisotopic (exact) mass is 283 g/mol. The standard InChI is InChI=1S/C17H21N3O/c1-12(14-6-5-7-17(9-14)21-4)19-11-15-8-16(10-18)20(3)13(15)2/h5-9,12,19H,11H2,1-4H3/t12-/m1/s1. The lowest BCUT2D eigenvalue weighted by Crippen LogP contribution is -2.18. The Kier molecular flexibility index (Phi) is 4.66. The number of aromatic nitrogens is 1. The summed E-state index contributed by atoms with van der Waals surface area (Å²) in [4.78, 5) is 0. The Morgan fingerprint density at radius 3 is 2.76 bits per heavy atom. The molecule has 0 saturated carbocycles. The molecule has 0 radical (unpaired) electrons. The summed E-state index contributed by atoms with van der Waals surface area (Å²) in [5, 5.41) is 12.6. The number of nitriles is 1. The molecule has 2 aromatic rings. The Morgan fingerprint density at radius 1 is 1.38 bits per heavy atom. The molecule has 1 aromatic carbocycles. The van der Waals surface area contributed by atoms with E-state index in [-0.39, 0.29) is 6.04 Å². The maximum absolute atomic E-state index is 9.06. The van der Waals surface area contributed by atoms with E-state index in [0.717, 1.165) is 23.6 Å². The Hall–Kier alpha value is -2.25. The van der Waals surface area contributed by atoms with Crippen LogP contribution in [0.1, 0.15) is 35.5 Å². The van der Waals surface area contributed by atoms with E-state index in [4.69, 9.17) is 10.00 Å². The third-order valence-electron chi connectivity index (χ3n) is 3.95. The largest absolute Gasteiger partial charge is 0.497 e. The zero-order valence-electron chi connectivity index (χ0n) is 13.0. The molecule has 0 aliphatic carbocycles. The van der Waals surface area contributed by atoms with Gasteiger partial charge in [0.05, 0.1) is 7.11 Å². The minimum atomic E-state index is 0.213. The normalized spacial score (nSPS) is 12.0. The second-order valence-corrected chi connectivity index (χ2v) is 5.19. The summed E-state index contributed by atoms with van der Waals surface area (Å²) < 4.78 is 7.18. The lowest BCUT2D eigenvalue weighted by Gasteiger charge is -2.15. The molecule has 0 aliphatic rings. The van der Waals surface area contributed by atoms with Gasteiger partial charge in [0.15, 0.2) is 0 Å². The average Bonchev–Trinajstić information content (AvgIpc) is 2.80. The Balaban J connectivity index is 2.07. The predicted molar refractivity (Wildman–Crippen MR) is 83.1 cm³/mol. The van der Waals surface area contributed by atoms with Crippen molar-refractivity contribution in [2.75, 3.05) is 7.11 Å². The summed E-state index contributed by atoms with van der Waals surface area (Å²) in [5.41, 5.74) is 4.16. The van der Waals surface area contributed by atoms with Crippen LogP contribution in [0.4, 0.5) is 0 Å². The molecule has 2 rings (SSSR count). The summed E-state index contributed by atoms with van der Waals surface area (Å²) >= 11 is 0. The molecular formula is C17H21N3O. The van der Waals surface area contributed by atoms with Gasteiger partial charge in [-0.25, -0.2) is 0 Å². The van der Waals surface area contributed by atoms with Gasteiger partial charge in [0.25, 0.3) is 0 Å². The fourth-order valence-corrected chi connectivity index (χ4v) is 2.34. The SMILES string of the molecule is COc1cccc([C@@H](C)NCc2cc(C#N)n(C)c2C)c1. The van der Waals surface area contributed by atoms with Crippen LogP contribution in [0.25, 0.3) is 0 Å². The van der Waals surface area contributed by atoms with E-state index in [1.165, 1.54) is 5.56 Å². The van der Waals surface area contributed by atoms with Gasteiger partial charge in [0.1, 0.15) is 17.5 Å². The number of hydrogen-bond acceptors (Lipinski definition) is 3. The van der Waals surface area contributed by atoms with Crippen LogP contribution >= 0.6 is 0 Å². The van der Waals surface area contributed by atoms with E-state index in [0.29, 0.717) is 5.69 Å². The van der Waals surface area contributed by atoms with Gasteiger partial charge in [-0.1, -0.05) is 12.1 Å². The molecule has 0 aliphatic heterocycles. The van der Waals surface area contributed by atoms with Gasteiger partial charge in [0, 0.05) is 25.3 Å². The third kappa shape index (κ3) is 3.26. The van der Waals surface area contributed by atoms with Crippen LogP contribution < -0.4 is 10.1 Å². The molecule has 0 unspecified atom stereocenters. The maximum atomic E-state index is 9.06. The number of nitrogens with zero attached hydrogens (tertiary/aromatic N) is 2. The van der Waals surface area contributed by atoms with Gasteiger partial charge in [-0.2, -0.15) is 5.26 Å². The number of benzene rings is 1. The second-order valence-electron chi connectivity index (χ2n) is 5.19. The lowest BCUT2D eigenvalue weighted by atomic mass is 10.1. The van der Waals surface area contributed by atoms with Gasteiger partial charge in [-0.15, -0.1) is 0 Å². The van der Waals surface area contributed by atoms with Crippen molar-refractivity contribution >= 4 is 0 Å². The van der Waals surface area contributed by atoms with Gasteiger partial charge < -0.3 is 14.6 Å². The van der Waals surface area contributed by atoms with E-state index in [2.05, 4.69) is 24.4 Å². The molecule has 0 fully saturated rings. The van der Waals surface area contributed by atoms with E-state index in [1.54, 1.807) is 7.11 Å². The van der Waals surface area contributed by atoms with Crippen molar-refractivity contribution in [1.82, 2.24) is 9.88 Å². The summed E-state index contributed by atoms with van der Waals surface area (Å²) in [5.74, 6) is 0.865. The summed E-state index contributed by atoms with van der Waals surface area (Å²) in [6, 6.07) is 12.4. The van der Waals surface area contributed by atoms with Crippen molar-refractivity contribution in [2.45, 2.75) is 26.4 Å². The van der Waals surface area contributed by atoms with Crippen molar-refractivity contribution in [1.29, 1.82) is 5.26 Å². The molecular weight excluding hydrogens is 262 g/mol. The highest BCUT2D eigenvalue weighted by molar-refractivity contribution is 5.34. The first-order valence-corrected chi connectivity index (χ1v) is 6.99. The van der Waals surface area contributed by atoms with Crippen LogP contribution in [0.3, 0.4) is 0 Å². The number of rotatable bonds is 5. The van der Waals surface area contributed by atoms with Crippen molar-refractivity contribution < 1.29 is 4.74 Å². The van der Waals surface area contributed by atoms with Gasteiger partial charge in [-0.05, 0) is 43.2 Å². The Labute approximate surface area is 126 Å². The van der Waals surface area contributed by atoms with E-state index >= 15 is 0 Å². The van der Waals surface area contributed by atoms with Crippen LogP contribution in [0.2, 0.25) is 0 Å². The number of ether oxygens (including phenoxy) is 1. The first-order valence-electron chi connectivity index (χ1n) is 6.99. The van der Waals surface area contributed by atoms with Crippen LogP contribution in [0.5, 0.6) is 5.75 Å². The van der Waals surface area contributed by atoms with Crippen LogP contribution in [-0.4, -0.2) is 11.7 Å². The van der Waals surface area contributed by atoms with E-state index in [1.807, 2.05) is 42.8 Å². The molecule has 1 atom stereocenters. The van der Waals surface area contributed by atoms with Crippen molar-refractivity contribution in [3.05, 3.63) is 52.8 Å². The smallest absolute Gasteiger partial charge is 0.120 e. The molecule has 1 heterocycles. The van der Waals surface area contributed by atoms with Crippen molar-refractivity contribution in [3.63, 3.8) is 0 Å². The zero-order chi connectivity index (χ0) is 15.4. The molecule has 4 nitrogen and oxygen atoms in total. The molecule has 21 heavy (non-hydrogen) atoms. The number of hydrogen-bond donors (Lipinski definition) is 1. The molecule has 0 amide bonds. The highest BCUT2D eigenvalue weighted by atomic mass is 16.5. The number of methoxy groups -OCH3 is 1. The quantitative estimate of drug-likeness (QED) is 0.917. The van der Waals surface area contributed by atoms with Crippen LogP contribution in [0, 0.1) is 18.3 Å². The molecule has 110 valence electrons. The molecule has 4 heteroatoms.